The van der Waals surface area contributed by atoms with Gasteiger partial charge in [0, 0.05) is 17.4 Å². The van der Waals surface area contributed by atoms with E-state index < -0.39 is 5.97 Å². The van der Waals surface area contributed by atoms with Crippen LogP contribution in [0.3, 0.4) is 0 Å². The Morgan fingerprint density at radius 2 is 1.82 bits per heavy atom. The number of nitrogens with one attached hydrogen (secondary N) is 2. The van der Waals surface area contributed by atoms with Gasteiger partial charge in [-0.05, 0) is 68.2 Å². The first-order valence-corrected chi connectivity index (χ1v) is 12.3. The number of aryl methyl sites for hydroxylation is 2. The first-order valence-electron chi connectivity index (χ1n) is 11.0. The standard InChI is InChI=1S/C26H28N2O4S2/c1-4-31-25(30)23-21(19-13-12-17(2)18(3)15-19)16-34-24(23)28-26(33)27-22(29)11-8-14-32-20-9-6-5-7-10-20/h5-7,9-10,12-13,15-16H,4,8,11,14H2,1-3H3,(H2,27,28,29,33). The molecule has 6 nitrogen and oxygen atoms in total. The van der Waals surface area contributed by atoms with Crippen molar-refractivity contribution in [1.82, 2.24) is 5.32 Å². The van der Waals surface area contributed by atoms with E-state index in [2.05, 4.69) is 10.6 Å². The van der Waals surface area contributed by atoms with Crippen LogP contribution in [-0.4, -0.2) is 30.2 Å². The summed E-state index contributed by atoms with van der Waals surface area (Å²) in [4.78, 5) is 25.1. The average Bonchev–Trinajstić information content (AvgIpc) is 3.22. The normalized spacial score (nSPS) is 10.4. The summed E-state index contributed by atoms with van der Waals surface area (Å²) < 4.78 is 10.9. The highest BCUT2D eigenvalue weighted by molar-refractivity contribution is 7.80. The van der Waals surface area contributed by atoms with Gasteiger partial charge >= 0.3 is 5.97 Å². The first kappa shape index (κ1) is 25.4. The third-order valence-corrected chi connectivity index (χ3v) is 6.23. The number of carbonyl (C=O) groups excluding carboxylic acids is 2. The maximum Gasteiger partial charge on any atom is 0.341 e. The number of hydrogen-bond acceptors (Lipinski definition) is 6. The molecule has 0 aliphatic rings. The molecule has 0 bridgehead atoms. The summed E-state index contributed by atoms with van der Waals surface area (Å²) in [6.45, 7) is 6.52. The van der Waals surface area contributed by atoms with E-state index in [1.165, 1.54) is 16.9 Å². The number of esters is 1. The third kappa shape index (κ3) is 6.88. The lowest BCUT2D eigenvalue weighted by Crippen LogP contribution is -2.34. The van der Waals surface area contributed by atoms with Crippen LogP contribution in [0.5, 0.6) is 5.75 Å². The fourth-order valence-corrected chi connectivity index (χ4v) is 4.48. The second-order valence-electron chi connectivity index (χ2n) is 7.64. The summed E-state index contributed by atoms with van der Waals surface area (Å²) in [6, 6.07) is 15.5. The van der Waals surface area contributed by atoms with Crippen LogP contribution >= 0.6 is 23.6 Å². The molecule has 1 aromatic heterocycles. The quantitative estimate of drug-likeness (QED) is 0.219. The van der Waals surface area contributed by atoms with Crippen molar-refractivity contribution in [2.24, 2.45) is 0 Å². The molecule has 0 unspecified atom stereocenters. The van der Waals surface area contributed by atoms with Gasteiger partial charge in [0.25, 0.3) is 0 Å². The van der Waals surface area contributed by atoms with Crippen molar-refractivity contribution in [3.05, 3.63) is 70.6 Å². The molecule has 178 valence electrons. The molecule has 8 heteroatoms. The molecule has 0 atom stereocenters. The van der Waals surface area contributed by atoms with Gasteiger partial charge in [-0.1, -0.05) is 36.4 Å². The largest absolute Gasteiger partial charge is 0.494 e. The number of ether oxygens (including phenoxy) is 2. The van der Waals surface area contributed by atoms with Gasteiger partial charge in [0.2, 0.25) is 5.91 Å². The number of rotatable bonds is 9. The van der Waals surface area contributed by atoms with Gasteiger partial charge in [0.1, 0.15) is 16.3 Å². The Kier molecular flexibility index (Phi) is 9.18. The van der Waals surface area contributed by atoms with Crippen molar-refractivity contribution >= 4 is 45.5 Å². The molecule has 1 amide bonds. The molecule has 0 fully saturated rings. The first-order chi connectivity index (χ1) is 16.4. The van der Waals surface area contributed by atoms with E-state index >= 15 is 0 Å². The van der Waals surface area contributed by atoms with Crippen LogP contribution in [-0.2, 0) is 9.53 Å². The second-order valence-corrected chi connectivity index (χ2v) is 8.93. The van der Waals surface area contributed by atoms with Crippen LogP contribution in [0.25, 0.3) is 11.1 Å². The van der Waals surface area contributed by atoms with Crippen molar-refractivity contribution in [2.45, 2.75) is 33.6 Å². The highest BCUT2D eigenvalue weighted by Gasteiger charge is 2.22. The Balaban J connectivity index is 1.62. The monoisotopic (exact) mass is 496 g/mol. The zero-order valence-electron chi connectivity index (χ0n) is 19.5. The summed E-state index contributed by atoms with van der Waals surface area (Å²) in [7, 11) is 0. The number of para-hydroxylation sites is 1. The molecule has 0 radical (unpaired) electrons. The number of benzene rings is 2. The van der Waals surface area contributed by atoms with Gasteiger partial charge in [-0.3, -0.25) is 4.79 Å². The SMILES string of the molecule is CCOC(=O)c1c(-c2ccc(C)c(C)c2)csc1NC(=S)NC(=O)CCCOc1ccccc1. The molecule has 2 aromatic carbocycles. The lowest BCUT2D eigenvalue weighted by Gasteiger charge is -2.12. The number of hydrogen-bond donors (Lipinski definition) is 2. The van der Waals surface area contributed by atoms with E-state index in [-0.39, 0.29) is 24.0 Å². The molecular weight excluding hydrogens is 468 g/mol. The van der Waals surface area contributed by atoms with Gasteiger partial charge in [0.15, 0.2) is 5.11 Å². The predicted octanol–water partition coefficient (Wildman–Crippen LogP) is 5.88. The number of carbonyl (C=O) groups is 2. The van der Waals surface area contributed by atoms with E-state index in [9.17, 15) is 9.59 Å². The lowest BCUT2D eigenvalue weighted by atomic mass is 9.99. The molecule has 0 aliphatic heterocycles. The highest BCUT2D eigenvalue weighted by Crippen LogP contribution is 2.37. The summed E-state index contributed by atoms with van der Waals surface area (Å²) in [5.74, 6) is 0.105. The molecule has 3 aromatic rings. The van der Waals surface area contributed by atoms with E-state index in [0.717, 1.165) is 22.4 Å². The van der Waals surface area contributed by atoms with Gasteiger partial charge in [-0.2, -0.15) is 0 Å². The molecule has 34 heavy (non-hydrogen) atoms. The van der Waals surface area contributed by atoms with Crippen LogP contribution in [0.4, 0.5) is 5.00 Å². The minimum absolute atomic E-state index is 0.132. The maximum atomic E-state index is 12.8. The van der Waals surface area contributed by atoms with E-state index in [0.29, 0.717) is 23.6 Å². The van der Waals surface area contributed by atoms with E-state index in [1.54, 1.807) is 6.92 Å². The number of anilines is 1. The average molecular weight is 497 g/mol. The molecule has 0 saturated carbocycles. The van der Waals surface area contributed by atoms with Crippen LogP contribution in [0.1, 0.15) is 41.3 Å². The minimum atomic E-state index is -0.438. The van der Waals surface area contributed by atoms with Gasteiger partial charge in [0.05, 0.1) is 13.2 Å². The van der Waals surface area contributed by atoms with E-state index in [4.69, 9.17) is 21.7 Å². The Hall–Kier alpha value is -3.23. The molecule has 1 heterocycles. The van der Waals surface area contributed by atoms with Crippen molar-refractivity contribution in [3.63, 3.8) is 0 Å². The fraction of sp³-hybridized carbons (Fsp3) is 0.269. The molecule has 2 N–H and O–H groups in total. The Bertz CT molecular complexity index is 1160. The predicted molar refractivity (Wildman–Crippen MR) is 141 cm³/mol. The Labute approximate surface area is 209 Å². The Morgan fingerprint density at radius 3 is 2.53 bits per heavy atom. The topological polar surface area (TPSA) is 76.7 Å². The van der Waals surface area contributed by atoms with Crippen LogP contribution < -0.4 is 15.4 Å². The van der Waals surface area contributed by atoms with Crippen molar-refractivity contribution in [2.75, 3.05) is 18.5 Å². The molecule has 0 aliphatic carbocycles. The van der Waals surface area contributed by atoms with Gasteiger partial charge in [-0.15, -0.1) is 11.3 Å². The number of amides is 1. The van der Waals surface area contributed by atoms with Crippen molar-refractivity contribution in [3.8, 4) is 16.9 Å². The zero-order chi connectivity index (χ0) is 24.5. The molecular formula is C26H28N2O4S2. The van der Waals surface area contributed by atoms with Gasteiger partial charge < -0.3 is 20.1 Å². The number of thiophene rings is 1. The molecule has 3 rings (SSSR count). The summed E-state index contributed by atoms with van der Waals surface area (Å²) in [5.41, 5.74) is 4.40. The Morgan fingerprint density at radius 1 is 1.06 bits per heavy atom. The highest BCUT2D eigenvalue weighted by atomic mass is 32.1. The molecule has 0 spiro atoms. The van der Waals surface area contributed by atoms with Crippen LogP contribution in [0.15, 0.2) is 53.9 Å². The van der Waals surface area contributed by atoms with Crippen LogP contribution in [0.2, 0.25) is 0 Å². The smallest absolute Gasteiger partial charge is 0.341 e. The van der Waals surface area contributed by atoms with Crippen molar-refractivity contribution < 1.29 is 19.1 Å². The van der Waals surface area contributed by atoms with Gasteiger partial charge in [-0.25, -0.2) is 4.79 Å². The zero-order valence-corrected chi connectivity index (χ0v) is 21.1. The minimum Gasteiger partial charge on any atom is -0.494 e. The number of thiocarbonyl (C=S) groups is 1. The summed E-state index contributed by atoms with van der Waals surface area (Å²) in [5, 5.41) is 8.23. The lowest BCUT2D eigenvalue weighted by molar-refractivity contribution is -0.119. The fourth-order valence-electron chi connectivity index (χ4n) is 3.24. The summed E-state index contributed by atoms with van der Waals surface area (Å²) in [6.07, 6.45) is 0.811. The molecule has 0 saturated heterocycles. The van der Waals surface area contributed by atoms with Crippen molar-refractivity contribution in [1.29, 1.82) is 0 Å². The maximum absolute atomic E-state index is 12.8. The second kappa shape index (κ2) is 12.3. The summed E-state index contributed by atoms with van der Waals surface area (Å²) >= 11 is 6.66. The van der Waals surface area contributed by atoms with E-state index in [1.807, 2.05) is 67.8 Å². The van der Waals surface area contributed by atoms with Crippen LogP contribution in [0, 0.1) is 13.8 Å². The third-order valence-electron chi connectivity index (χ3n) is 5.13.